The van der Waals surface area contributed by atoms with Crippen LogP contribution in [0.5, 0.6) is 0 Å². The van der Waals surface area contributed by atoms with Crippen LogP contribution in [0.1, 0.15) is 60.5 Å². The van der Waals surface area contributed by atoms with Gasteiger partial charge in [-0.05, 0) is 48.6 Å². The Morgan fingerprint density at radius 1 is 0.897 bits per heavy atom. The number of benzene rings is 1. The first-order valence-electron chi connectivity index (χ1n) is 11.5. The lowest BCUT2D eigenvalue weighted by Crippen LogP contribution is -2.41. The Hall–Kier alpha value is -3.52. The summed E-state index contributed by atoms with van der Waals surface area (Å²) >= 11 is 0. The second-order valence-electron chi connectivity index (χ2n) is 8.65. The minimum Gasteiger partial charge on any atom is -0.475 e. The molecule has 0 spiro atoms. The van der Waals surface area contributed by atoms with Gasteiger partial charge >= 0.3 is 30.5 Å². The molecule has 1 aliphatic rings. The molecule has 1 aromatic heterocycles. The molecule has 1 atom stereocenters. The Morgan fingerprint density at radius 3 is 1.95 bits per heavy atom. The number of carbonyl (C=O) groups is 2. The van der Waals surface area contributed by atoms with Crippen LogP contribution in [0.4, 0.5) is 44.3 Å². The predicted octanol–water partition coefficient (Wildman–Crippen LogP) is 6.72. The molecule has 0 unspecified atom stereocenters. The van der Waals surface area contributed by atoms with Crippen LogP contribution < -0.4 is 10.6 Å². The van der Waals surface area contributed by atoms with Crippen molar-refractivity contribution in [3.63, 3.8) is 0 Å². The molecule has 0 radical (unpaired) electrons. The fourth-order valence-corrected chi connectivity index (χ4v) is 3.87. The van der Waals surface area contributed by atoms with Crippen molar-refractivity contribution in [2.24, 2.45) is 5.92 Å². The molecule has 3 N–H and O–H groups in total. The average Bonchev–Trinajstić information content (AvgIpc) is 2.85. The third kappa shape index (κ3) is 9.94. The number of hydrogen-bond donors (Lipinski definition) is 3. The highest BCUT2D eigenvalue weighted by Gasteiger charge is 2.39. The number of nitrogens with one attached hydrogen (secondary N) is 2. The SMILES string of the molecule is O=C(NCC1CCCCC1)N[C@@H](c1ccc(C(F)(F)F)cc1)c1ncccc1C(F)(F)F.O=C(O)C(F)(F)F. The van der Waals surface area contributed by atoms with Crippen molar-refractivity contribution in [2.75, 3.05) is 6.54 Å². The number of nitrogens with zero attached hydrogens (tertiary/aromatic N) is 1. The summed E-state index contributed by atoms with van der Waals surface area (Å²) in [7, 11) is 0. The van der Waals surface area contributed by atoms with Crippen LogP contribution >= 0.6 is 0 Å². The van der Waals surface area contributed by atoms with Gasteiger partial charge < -0.3 is 15.7 Å². The van der Waals surface area contributed by atoms with E-state index in [2.05, 4.69) is 15.6 Å². The molecule has 1 aromatic carbocycles. The number of amides is 2. The number of hydrogen-bond acceptors (Lipinski definition) is 3. The van der Waals surface area contributed by atoms with Crippen LogP contribution in [0.2, 0.25) is 0 Å². The quantitative estimate of drug-likeness (QED) is 0.347. The number of pyridine rings is 1. The molecule has 216 valence electrons. The van der Waals surface area contributed by atoms with Crippen molar-refractivity contribution >= 4 is 12.0 Å². The Morgan fingerprint density at radius 2 is 1.46 bits per heavy atom. The number of urea groups is 1. The van der Waals surface area contributed by atoms with E-state index in [1.165, 1.54) is 0 Å². The number of aromatic nitrogens is 1. The van der Waals surface area contributed by atoms with E-state index in [0.29, 0.717) is 12.5 Å². The lowest BCUT2D eigenvalue weighted by molar-refractivity contribution is -0.192. The number of halogens is 9. The summed E-state index contributed by atoms with van der Waals surface area (Å²) in [5.41, 5.74) is -2.46. The highest BCUT2D eigenvalue weighted by Crippen LogP contribution is 2.36. The molecule has 1 saturated carbocycles. The van der Waals surface area contributed by atoms with Gasteiger partial charge in [-0.1, -0.05) is 31.4 Å². The van der Waals surface area contributed by atoms with Gasteiger partial charge in [-0.25, -0.2) is 9.59 Å². The van der Waals surface area contributed by atoms with Crippen LogP contribution in [0.25, 0.3) is 0 Å². The number of carboxylic acid groups (broad SMARTS) is 1. The van der Waals surface area contributed by atoms with E-state index in [9.17, 15) is 44.3 Å². The van der Waals surface area contributed by atoms with Crippen molar-refractivity contribution in [2.45, 2.75) is 56.7 Å². The van der Waals surface area contributed by atoms with E-state index in [4.69, 9.17) is 9.90 Å². The third-order valence-electron chi connectivity index (χ3n) is 5.78. The molecule has 0 saturated heterocycles. The lowest BCUT2D eigenvalue weighted by Gasteiger charge is -2.25. The third-order valence-corrected chi connectivity index (χ3v) is 5.78. The first-order chi connectivity index (χ1) is 18.0. The van der Waals surface area contributed by atoms with E-state index in [0.717, 1.165) is 74.7 Å². The van der Waals surface area contributed by atoms with Gasteiger partial charge in [0.2, 0.25) is 0 Å². The number of aliphatic carboxylic acids is 1. The summed E-state index contributed by atoms with van der Waals surface area (Å²) < 4.78 is 111. The maximum Gasteiger partial charge on any atom is 0.490 e. The van der Waals surface area contributed by atoms with Gasteiger partial charge in [-0.15, -0.1) is 0 Å². The maximum absolute atomic E-state index is 13.6. The van der Waals surface area contributed by atoms with Crippen LogP contribution in [-0.2, 0) is 17.1 Å². The van der Waals surface area contributed by atoms with Gasteiger partial charge in [0.1, 0.15) is 0 Å². The molecule has 6 nitrogen and oxygen atoms in total. The lowest BCUT2D eigenvalue weighted by atomic mass is 9.89. The Bertz CT molecular complexity index is 1090. The summed E-state index contributed by atoms with van der Waals surface area (Å²) in [6.45, 7) is 0.375. The molecule has 0 bridgehead atoms. The Balaban J connectivity index is 0.000000673. The molecule has 15 heteroatoms. The van der Waals surface area contributed by atoms with Crippen LogP contribution in [0.3, 0.4) is 0 Å². The molecule has 2 amide bonds. The average molecular weight is 573 g/mol. The summed E-state index contributed by atoms with van der Waals surface area (Å²) in [4.78, 5) is 25.2. The molecule has 1 heterocycles. The first-order valence-corrected chi connectivity index (χ1v) is 11.5. The first kappa shape index (κ1) is 31.7. The van der Waals surface area contributed by atoms with Gasteiger partial charge in [0.15, 0.2) is 0 Å². The molecular formula is C24H24F9N3O3. The largest absolute Gasteiger partial charge is 0.490 e. The van der Waals surface area contributed by atoms with Crippen LogP contribution in [0, 0.1) is 5.92 Å². The highest BCUT2D eigenvalue weighted by atomic mass is 19.4. The fourth-order valence-electron chi connectivity index (χ4n) is 3.87. The Kier molecular flexibility index (Phi) is 10.6. The zero-order chi connectivity index (χ0) is 29.4. The van der Waals surface area contributed by atoms with Crippen molar-refractivity contribution in [3.8, 4) is 0 Å². The second-order valence-corrected chi connectivity index (χ2v) is 8.65. The van der Waals surface area contributed by atoms with Gasteiger partial charge in [-0.2, -0.15) is 39.5 Å². The van der Waals surface area contributed by atoms with E-state index in [1.54, 1.807) is 0 Å². The molecular weight excluding hydrogens is 549 g/mol. The van der Waals surface area contributed by atoms with E-state index in [-0.39, 0.29) is 5.56 Å². The van der Waals surface area contributed by atoms with E-state index < -0.39 is 53.4 Å². The van der Waals surface area contributed by atoms with Gasteiger partial charge in [-0.3, -0.25) is 4.98 Å². The number of rotatable bonds is 5. The van der Waals surface area contributed by atoms with Crippen LogP contribution in [0.15, 0.2) is 42.6 Å². The standard InChI is InChI=1S/C22H23F6N3O.C2HF3O2/c23-21(24,25)16-10-8-15(9-11-16)18(19-17(22(26,27)28)7-4-12-29-19)31-20(32)30-13-14-5-2-1-3-6-14;3-2(4,5)1(6)7/h4,7-12,14,18H,1-3,5-6,13H2,(H2,30,31,32);(H,6,7)/t18-;/m0./s1. The molecule has 1 fully saturated rings. The second kappa shape index (κ2) is 13.0. The maximum atomic E-state index is 13.6. The van der Waals surface area contributed by atoms with E-state index in [1.807, 2.05) is 0 Å². The molecule has 3 rings (SSSR count). The fraction of sp³-hybridized carbons (Fsp3) is 0.458. The minimum absolute atomic E-state index is 0.0509. The Labute approximate surface area is 216 Å². The molecule has 1 aliphatic carbocycles. The van der Waals surface area contributed by atoms with Crippen LogP contribution in [-0.4, -0.2) is 34.8 Å². The van der Waals surface area contributed by atoms with Gasteiger partial charge in [0.05, 0.1) is 22.9 Å². The van der Waals surface area contributed by atoms with Gasteiger partial charge in [0, 0.05) is 12.7 Å². The highest BCUT2D eigenvalue weighted by molar-refractivity contribution is 5.75. The normalized spacial score (nSPS) is 15.5. The summed E-state index contributed by atoms with van der Waals surface area (Å²) in [6, 6.07) is 3.45. The zero-order valence-electron chi connectivity index (χ0n) is 20.1. The zero-order valence-corrected chi connectivity index (χ0v) is 20.1. The smallest absolute Gasteiger partial charge is 0.475 e. The van der Waals surface area contributed by atoms with Crippen molar-refractivity contribution in [1.29, 1.82) is 0 Å². The summed E-state index contributed by atoms with van der Waals surface area (Å²) in [5.74, 6) is -2.47. The summed E-state index contributed by atoms with van der Waals surface area (Å²) in [6.07, 6.45) is -8.12. The number of carboxylic acids is 1. The molecule has 2 aromatic rings. The minimum atomic E-state index is -5.08. The molecule has 0 aliphatic heterocycles. The summed E-state index contributed by atoms with van der Waals surface area (Å²) in [5, 5.41) is 12.3. The number of carbonyl (C=O) groups excluding carboxylic acids is 1. The van der Waals surface area contributed by atoms with E-state index >= 15 is 0 Å². The monoisotopic (exact) mass is 573 g/mol. The van der Waals surface area contributed by atoms with Crippen molar-refractivity contribution in [3.05, 3.63) is 65.0 Å². The number of alkyl halides is 9. The van der Waals surface area contributed by atoms with Crippen molar-refractivity contribution in [1.82, 2.24) is 15.6 Å². The topological polar surface area (TPSA) is 91.3 Å². The predicted molar refractivity (Wildman–Crippen MR) is 119 cm³/mol. The van der Waals surface area contributed by atoms with Gasteiger partial charge in [0.25, 0.3) is 0 Å². The molecule has 39 heavy (non-hydrogen) atoms. The van der Waals surface area contributed by atoms with Crippen molar-refractivity contribution < 1.29 is 54.2 Å².